The summed E-state index contributed by atoms with van der Waals surface area (Å²) in [7, 11) is -0.869. The van der Waals surface area contributed by atoms with Crippen molar-refractivity contribution in [3.63, 3.8) is 0 Å². The normalized spacial score (nSPS) is 16.9. The molecule has 0 bridgehead atoms. The molecule has 1 amide bonds. The molecule has 1 aliphatic rings. The summed E-state index contributed by atoms with van der Waals surface area (Å²) in [6.45, 7) is 6.14. The number of carbonyl (C=O) groups is 1. The Morgan fingerprint density at radius 3 is 2.79 bits per heavy atom. The van der Waals surface area contributed by atoms with Gasteiger partial charge in [0.1, 0.15) is 5.75 Å². The lowest BCUT2D eigenvalue weighted by Crippen LogP contribution is -2.13. The van der Waals surface area contributed by atoms with Gasteiger partial charge in [-0.2, -0.15) is 0 Å². The fraction of sp³-hybridized carbons (Fsp3) is 0.375. The van der Waals surface area contributed by atoms with E-state index in [1.807, 2.05) is 20.8 Å². The van der Waals surface area contributed by atoms with E-state index >= 15 is 0 Å². The van der Waals surface area contributed by atoms with Gasteiger partial charge in [0.2, 0.25) is 0 Å². The molecule has 0 radical (unpaired) electrons. The number of amides is 1. The van der Waals surface area contributed by atoms with E-state index in [0.717, 1.165) is 10.6 Å². The topological polar surface area (TPSA) is 79.3 Å². The molecule has 1 atom stereocenters. The fourth-order valence-corrected chi connectivity index (χ4v) is 5.90. The van der Waals surface area contributed by atoms with Crippen LogP contribution in [-0.4, -0.2) is 25.0 Å². The van der Waals surface area contributed by atoms with Crippen LogP contribution in [0.4, 0.5) is 5.13 Å². The molecule has 0 saturated heterocycles. The molecule has 5 nitrogen and oxygen atoms in total. The first-order valence-corrected chi connectivity index (χ1v) is 10.5. The zero-order chi connectivity index (χ0) is 17.5. The first kappa shape index (κ1) is 17.4. The molecule has 0 aliphatic carbocycles. The van der Waals surface area contributed by atoms with Gasteiger partial charge in [-0.15, -0.1) is 23.1 Å². The number of hydrogen-bond donors (Lipinski definition) is 2. The number of thiazole rings is 1. The van der Waals surface area contributed by atoms with Crippen LogP contribution in [-0.2, 0) is 22.3 Å². The van der Waals surface area contributed by atoms with Crippen LogP contribution >= 0.6 is 23.1 Å². The number of nitrogens with zero attached hydrogens (tertiary/aromatic N) is 1. The Balaban J connectivity index is 1.79. The second-order valence-corrected chi connectivity index (χ2v) is 10.8. The lowest BCUT2D eigenvalue weighted by Gasteiger charge is -2.19. The molecule has 2 aromatic rings. The van der Waals surface area contributed by atoms with E-state index < -0.39 is 16.7 Å². The van der Waals surface area contributed by atoms with Crippen molar-refractivity contribution in [2.45, 2.75) is 41.9 Å². The first-order chi connectivity index (χ1) is 11.2. The molecule has 2 heterocycles. The third-order valence-corrected chi connectivity index (χ3v) is 6.81. The maximum atomic E-state index is 12.5. The van der Waals surface area contributed by atoms with Crippen LogP contribution in [0.15, 0.2) is 23.1 Å². The minimum absolute atomic E-state index is 0.0138. The molecule has 128 valence electrons. The Morgan fingerprint density at radius 2 is 2.12 bits per heavy atom. The fourth-order valence-electron chi connectivity index (χ4n) is 2.29. The van der Waals surface area contributed by atoms with Crippen molar-refractivity contribution in [3.05, 3.63) is 34.3 Å². The zero-order valence-corrected chi connectivity index (χ0v) is 16.0. The van der Waals surface area contributed by atoms with Gasteiger partial charge >= 0.3 is 0 Å². The Kier molecular flexibility index (Phi) is 4.72. The molecular formula is C16H18N2O3S3. The molecule has 3 rings (SSSR count). The van der Waals surface area contributed by atoms with E-state index in [-0.39, 0.29) is 16.1 Å². The van der Waals surface area contributed by atoms with E-state index in [9.17, 15) is 14.1 Å². The molecule has 0 saturated carbocycles. The molecule has 2 N–H and O–H groups in total. The average Bonchev–Trinajstić information content (AvgIpc) is 2.96. The van der Waals surface area contributed by atoms with Crippen molar-refractivity contribution in [2.24, 2.45) is 0 Å². The summed E-state index contributed by atoms with van der Waals surface area (Å²) in [4.78, 5) is 18.4. The summed E-state index contributed by atoms with van der Waals surface area (Å²) in [5.74, 6) is 0.550. The van der Waals surface area contributed by atoms with Crippen LogP contribution < -0.4 is 5.32 Å². The van der Waals surface area contributed by atoms with Crippen LogP contribution in [0.1, 0.15) is 41.7 Å². The van der Waals surface area contributed by atoms with Crippen molar-refractivity contribution in [2.75, 3.05) is 5.32 Å². The molecule has 1 aromatic heterocycles. The number of carbonyl (C=O) groups excluding carboxylic acids is 1. The number of anilines is 1. The number of nitrogens with one attached hydrogen (secondary N) is 1. The van der Waals surface area contributed by atoms with E-state index in [0.29, 0.717) is 21.5 Å². The van der Waals surface area contributed by atoms with Crippen LogP contribution in [0.5, 0.6) is 5.75 Å². The number of aromatic hydroxyl groups is 1. The summed E-state index contributed by atoms with van der Waals surface area (Å²) in [6, 6.07) is 5.15. The lowest BCUT2D eigenvalue weighted by molar-refractivity contribution is 0.102. The van der Waals surface area contributed by atoms with Crippen LogP contribution in [0, 0.1) is 0 Å². The summed E-state index contributed by atoms with van der Waals surface area (Å²) < 4.78 is 11.4. The van der Waals surface area contributed by atoms with Crippen molar-refractivity contribution in [1.29, 1.82) is 0 Å². The number of phenols is 1. The highest BCUT2D eigenvalue weighted by atomic mass is 32.2. The minimum atomic E-state index is -0.869. The van der Waals surface area contributed by atoms with Crippen molar-refractivity contribution in [1.82, 2.24) is 4.98 Å². The predicted molar refractivity (Wildman–Crippen MR) is 99.3 cm³/mol. The zero-order valence-electron chi connectivity index (χ0n) is 13.6. The van der Waals surface area contributed by atoms with Gasteiger partial charge in [-0.25, -0.2) is 4.98 Å². The third kappa shape index (κ3) is 3.81. The van der Waals surface area contributed by atoms with Gasteiger partial charge in [-0.1, -0.05) is 26.8 Å². The van der Waals surface area contributed by atoms with Crippen molar-refractivity contribution in [3.8, 4) is 5.75 Å². The minimum Gasteiger partial charge on any atom is -0.506 e. The number of aromatic nitrogens is 1. The van der Waals surface area contributed by atoms with Crippen LogP contribution in [0.25, 0.3) is 0 Å². The van der Waals surface area contributed by atoms with Crippen LogP contribution in [0.3, 0.4) is 0 Å². The molecule has 0 spiro atoms. The number of rotatable bonds is 3. The van der Waals surface area contributed by atoms with Gasteiger partial charge in [0.15, 0.2) is 5.13 Å². The number of phenolic OH excluding ortho intramolecular Hbond substituents is 1. The predicted octanol–water partition coefficient (Wildman–Crippen LogP) is 3.75. The summed E-state index contributed by atoms with van der Waals surface area (Å²) in [6.07, 6.45) is 0. The maximum Gasteiger partial charge on any atom is 0.261 e. The third-order valence-electron chi connectivity index (χ3n) is 3.25. The first-order valence-electron chi connectivity index (χ1n) is 7.39. The number of fused-ring (bicyclic) bond motifs is 1. The second-order valence-electron chi connectivity index (χ2n) is 6.44. The highest BCUT2D eigenvalue weighted by Crippen LogP contribution is 2.39. The molecular weight excluding hydrogens is 364 g/mol. The molecule has 0 fully saturated rings. The van der Waals surface area contributed by atoms with E-state index in [2.05, 4.69) is 10.3 Å². The summed E-state index contributed by atoms with van der Waals surface area (Å²) in [5, 5.41) is 13.6. The Morgan fingerprint density at radius 1 is 1.38 bits per heavy atom. The van der Waals surface area contributed by atoms with E-state index in [1.165, 1.54) is 23.1 Å². The summed E-state index contributed by atoms with van der Waals surface area (Å²) >= 11 is 2.85. The summed E-state index contributed by atoms with van der Waals surface area (Å²) in [5.41, 5.74) is 1.03. The van der Waals surface area contributed by atoms with Gasteiger partial charge in [0.25, 0.3) is 5.91 Å². The Hall–Kier alpha value is -1.38. The molecule has 1 unspecified atom stereocenters. The van der Waals surface area contributed by atoms with Gasteiger partial charge in [0.05, 0.1) is 27.7 Å². The van der Waals surface area contributed by atoms with Crippen molar-refractivity contribution >= 4 is 44.9 Å². The van der Waals surface area contributed by atoms with Gasteiger partial charge < -0.3 is 5.11 Å². The largest absolute Gasteiger partial charge is 0.506 e. The van der Waals surface area contributed by atoms with Crippen LogP contribution in [0.2, 0.25) is 0 Å². The highest BCUT2D eigenvalue weighted by Gasteiger charge is 2.24. The monoisotopic (exact) mass is 382 g/mol. The van der Waals surface area contributed by atoms with Crippen molar-refractivity contribution < 1.29 is 14.1 Å². The number of thioether (sulfide) groups is 1. The Bertz CT molecular complexity index is 799. The standard InChI is InChI=1S/C16H18N2O3S3/c1-16(2,3)23-11-6-4-5-9(13(11)19)14(20)18-15-17-10-7-24(21)8-12(10)22-15/h4-6,19H,7-8H2,1-3H3,(H,17,18,20). The molecule has 8 heteroatoms. The lowest BCUT2D eigenvalue weighted by atomic mass is 10.2. The molecule has 24 heavy (non-hydrogen) atoms. The van der Waals surface area contributed by atoms with Gasteiger partial charge in [0, 0.05) is 20.4 Å². The smallest absolute Gasteiger partial charge is 0.261 e. The molecule has 1 aliphatic heterocycles. The Labute approximate surface area is 151 Å². The number of hydrogen-bond acceptors (Lipinski definition) is 6. The van der Waals surface area contributed by atoms with Gasteiger partial charge in [-0.3, -0.25) is 14.3 Å². The second kappa shape index (κ2) is 6.50. The quantitative estimate of drug-likeness (QED) is 0.790. The number of para-hydroxylation sites is 1. The number of benzene rings is 1. The maximum absolute atomic E-state index is 12.5. The van der Waals surface area contributed by atoms with E-state index in [1.54, 1.807) is 18.2 Å². The molecule has 1 aromatic carbocycles. The highest BCUT2D eigenvalue weighted by molar-refractivity contribution is 8.00. The van der Waals surface area contributed by atoms with E-state index in [4.69, 9.17) is 0 Å². The van der Waals surface area contributed by atoms with Gasteiger partial charge in [-0.05, 0) is 12.1 Å². The average molecular weight is 383 g/mol. The SMILES string of the molecule is CC(C)(C)Sc1cccc(C(=O)Nc2nc3c(s2)CS(=O)C3)c1O.